The molecule has 0 atom stereocenters. The lowest BCUT2D eigenvalue weighted by molar-refractivity contribution is 1.20. The molecule has 0 aliphatic rings. The van der Waals surface area contributed by atoms with Crippen molar-refractivity contribution in [1.82, 2.24) is 4.98 Å². The van der Waals surface area contributed by atoms with Gasteiger partial charge in [0.1, 0.15) is 0 Å². The largest absolute Gasteiger partial charge is 0.263 e. The zero-order valence-electron chi connectivity index (χ0n) is 8.57. The molecular formula is C12H15NS. The second kappa shape index (κ2) is 5.66. The summed E-state index contributed by atoms with van der Waals surface area (Å²) >= 11 is 4.27. The van der Waals surface area contributed by atoms with Crippen LogP contribution in [-0.4, -0.2) is 4.98 Å². The lowest BCUT2D eigenvalue weighted by atomic mass is 10.1. The molecule has 0 saturated heterocycles. The molecule has 0 aliphatic heterocycles. The van der Waals surface area contributed by atoms with E-state index >= 15 is 0 Å². The number of rotatable bonds is 3. The molecule has 0 radical (unpaired) electrons. The minimum absolute atomic E-state index is 0.897. The lowest BCUT2D eigenvalue weighted by Crippen LogP contribution is -1.83. The van der Waals surface area contributed by atoms with Gasteiger partial charge in [0.15, 0.2) is 0 Å². The van der Waals surface area contributed by atoms with Gasteiger partial charge >= 0.3 is 0 Å². The Labute approximate surface area is 91.0 Å². The Morgan fingerprint density at radius 2 is 2.29 bits per heavy atom. The number of thiol groups is 1. The van der Waals surface area contributed by atoms with E-state index in [9.17, 15) is 0 Å². The van der Waals surface area contributed by atoms with Crippen LogP contribution in [0.25, 0.3) is 5.57 Å². The van der Waals surface area contributed by atoms with Crippen molar-refractivity contribution in [3.05, 3.63) is 42.3 Å². The molecule has 1 aromatic rings. The monoisotopic (exact) mass is 205 g/mol. The summed E-state index contributed by atoms with van der Waals surface area (Å²) in [6.07, 6.45) is 10.9. The third-order valence-electron chi connectivity index (χ3n) is 1.83. The molecule has 14 heavy (non-hydrogen) atoms. The highest BCUT2D eigenvalue weighted by Gasteiger charge is 1.97. The molecule has 0 amide bonds. The molecule has 1 heterocycles. The summed E-state index contributed by atoms with van der Waals surface area (Å²) in [5.74, 6) is 0. The smallest absolute Gasteiger partial charge is 0.0401 e. The van der Waals surface area contributed by atoms with Crippen molar-refractivity contribution in [2.45, 2.75) is 25.2 Å². The maximum atomic E-state index is 4.27. The first kappa shape index (κ1) is 11.1. The van der Waals surface area contributed by atoms with Gasteiger partial charge < -0.3 is 0 Å². The number of nitrogens with zero attached hydrogens (tertiary/aromatic N) is 1. The van der Waals surface area contributed by atoms with Crippen LogP contribution < -0.4 is 0 Å². The Morgan fingerprint density at radius 3 is 2.86 bits per heavy atom. The molecule has 0 spiro atoms. The highest BCUT2D eigenvalue weighted by atomic mass is 32.1. The van der Waals surface area contributed by atoms with Crippen molar-refractivity contribution < 1.29 is 0 Å². The maximum absolute atomic E-state index is 4.27. The number of allylic oxidation sites excluding steroid dienone is 4. The average molecular weight is 205 g/mol. The highest BCUT2D eigenvalue weighted by molar-refractivity contribution is 7.80. The van der Waals surface area contributed by atoms with E-state index in [0.717, 1.165) is 16.9 Å². The van der Waals surface area contributed by atoms with Crippen molar-refractivity contribution in [3.63, 3.8) is 0 Å². The minimum atomic E-state index is 0.897. The van der Waals surface area contributed by atoms with Crippen LogP contribution in [0, 0.1) is 0 Å². The van der Waals surface area contributed by atoms with Crippen LogP contribution in [0.2, 0.25) is 0 Å². The molecule has 0 fully saturated rings. The van der Waals surface area contributed by atoms with E-state index in [1.807, 2.05) is 25.3 Å². The molecule has 74 valence electrons. The fraction of sp³-hybridized carbons (Fsp3) is 0.250. The van der Waals surface area contributed by atoms with Gasteiger partial charge in [-0.15, -0.1) is 12.6 Å². The Kier molecular flexibility index (Phi) is 4.47. The molecule has 2 heteroatoms. The Hall–Kier alpha value is -1.02. The minimum Gasteiger partial charge on any atom is -0.263 e. The first-order chi connectivity index (χ1) is 6.77. The van der Waals surface area contributed by atoms with Crippen molar-refractivity contribution in [3.8, 4) is 0 Å². The van der Waals surface area contributed by atoms with Crippen molar-refractivity contribution >= 4 is 18.2 Å². The molecule has 0 aromatic carbocycles. The van der Waals surface area contributed by atoms with Gasteiger partial charge in [-0.3, -0.25) is 4.98 Å². The fourth-order valence-corrected chi connectivity index (χ4v) is 1.47. The predicted octanol–water partition coefficient (Wildman–Crippen LogP) is 3.74. The maximum Gasteiger partial charge on any atom is 0.0401 e. The van der Waals surface area contributed by atoms with E-state index in [1.165, 1.54) is 5.57 Å². The van der Waals surface area contributed by atoms with Gasteiger partial charge in [-0.25, -0.2) is 0 Å². The Morgan fingerprint density at radius 1 is 1.50 bits per heavy atom. The Bertz CT molecular complexity index is 353. The first-order valence-electron chi connectivity index (χ1n) is 4.75. The highest BCUT2D eigenvalue weighted by Crippen LogP contribution is 2.18. The molecular weight excluding hydrogens is 190 g/mol. The van der Waals surface area contributed by atoms with E-state index in [2.05, 4.69) is 36.7 Å². The van der Waals surface area contributed by atoms with Crippen LogP contribution in [0.3, 0.4) is 0 Å². The summed E-state index contributed by atoms with van der Waals surface area (Å²) in [7, 11) is 0. The molecule has 0 aliphatic carbocycles. The molecule has 1 aromatic heterocycles. The summed E-state index contributed by atoms with van der Waals surface area (Å²) in [6.45, 7) is 4.14. The zero-order valence-corrected chi connectivity index (χ0v) is 9.46. The van der Waals surface area contributed by atoms with Crippen molar-refractivity contribution in [1.29, 1.82) is 0 Å². The summed E-state index contributed by atoms with van der Waals surface area (Å²) in [5, 5.41) is 0. The molecule has 1 nitrogen and oxygen atoms in total. The number of pyridine rings is 1. The predicted molar refractivity (Wildman–Crippen MR) is 64.6 cm³/mol. The molecule has 1 rings (SSSR count). The fourth-order valence-electron chi connectivity index (χ4n) is 1.27. The van der Waals surface area contributed by atoms with Gasteiger partial charge in [0, 0.05) is 22.9 Å². The second-order valence-corrected chi connectivity index (χ2v) is 3.52. The SMILES string of the molecule is C/C=C\C(=C/CC)c1cncc(S)c1. The van der Waals surface area contributed by atoms with Gasteiger partial charge in [0.25, 0.3) is 0 Å². The summed E-state index contributed by atoms with van der Waals surface area (Å²) in [4.78, 5) is 5.02. The summed E-state index contributed by atoms with van der Waals surface area (Å²) in [6, 6.07) is 2.03. The van der Waals surface area contributed by atoms with Crippen LogP contribution in [0.5, 0.6) is 0 Å². The van der Waals surface area contributed by atoms with Gasteiger partial charge in [-0.2, -0.15) is 0 Å². The average Bonchev–Trinajstić information content (AvgIpc) is 2.17. The van der Waals surface area contributed by atoms with E-state index in [0.29, 0.717) is 0 Å². The van der Waals surface area contributed by atoms with E-state index in [-0.39, 0.29) is 0 Å². The van der Waals surface area contributed by atoms with Crippen LogP contribution in [0.4, 0.5) is 0 Å². The van der Waals surface area contributed by atoms with Crippen LogP contribution in [-0.2, 0) is 0 Å². The van der Waals surface area contributed by atoms with Crippen LogP contribution >= 0.6 is 12.6 Å². The lowest BCUT2D eigenvalue weighted by Gasteiger charge is -2.02. The molecule has 0 bridgehead atoms. The van der Waals surface area contributed by atoms with Gasteiger partial charge in [-0.05, 0) is 25.0 Å². The van der Waals surface area contributed by atoms with Gasteiger partial charge in [-0.1, -0.05) is 25.2 Å². The summed E-state index contributed by atoms with van der Waals surface area (Å²) in [5.41, 5.74) is 2.33. The quantitative estimate of drug-likeness (QED) is 0.586. The second-order valence-electron chi connectivity index (χ2n) is 3.00. The molecule has 0 saturated carbocycles. The van der Waals surface area contributed by atoms with Gasteiger partial charge in [0.05, 0.1) is 0 Å². The normalized spacial score (nSPS) is 12.4. The zero-order chi connectivity index (χ0) is 10.4. The number of hydrogen-bond donors (Lipinski definition) is 1. The topological polar surface area (TPSA) is 12.9 Å². The van der Waals surface area contributed by atoms with Crippen LogP contribution in [0.15, 0.2) is 41.6 Å². The van der Waals surface area contributed by atoms with Crippen molar-refractivity contribution in [2.24, 2.45) is 0 Å². The van der Waals surface area contributed by atoms with Crippen LogP contribution in [0.1, 0.15) is 25.8 Å². The van der Waals surface area contributed by atoms with E-state index < -0.39 is 0 Å². The third kappa shape index (κ3) is 3.04. The van der Waals surface area contributed by atoms with Gasteiger partial charge in [0.2, 0.25) is 0 Å². The number of hydrogen-bond acceptors (Lipinski definition) is 2. The molecule has 0 unspecified atom stereocenters. The van der Waals surface area contributed by atoms with E-state index in [4.69, 9.17) is 0 Å². The third-order valence-corrected chi connectivity index (χ3v) is 2.07. The number of aromatic nitrogens is 1. The van der Waals surface area contributed by atoms with E-state index in [1.54, 1.807) is 6.20 Å². The first-order valence-corrected chi connectivity index (χ1v) is 5.20. The standard InChI is InChI=1S/C12H15NS/c1-3-5-10(6-4-2)11-7-12(14)9-13-8-11/h3,5-9,14H,4H2,1-2H3/b5-3-,10-6+. The summed E-state index contributed by atoms with van der Waals surface area (Å²) < 4.78 is 0. The molecule has 0 N–H and O–H groups in total. The van der Waals surface area contributed by atoms with Crippen molar-refractivity contribution in [2.75, 3.05) is 0 Å². The Balaban J connectivity index is 3.05.